The number of carbonyl (C=O) groups is 1. The fourth-order valence-electron chi connectivity index (χ4n) is 4.98. The molecule has 2 atom stereocenters. The van der Waals surface area contributed by atoms with Crippen LogP contribution in [0.2, 0.25) is 0 Å². The third-order valence-corrected chi connectivity index (χ3v) is 6.41. The minimum Gasteiger partial charge on any atom is -0.445 e. The highest BCUT2D eigenvalue weighted by Crippen LogP contribution is 2.41. The van der Waals surface area contributed by atoms with E-state index < -0.39 is 29.3 Å². The molecule has 2 aliphatic rings. The first kappa shape index (κ1) is 22.6. The standard InChI is InChI=1S/C24H25F4NO3/c25-21-11-18(24(26,27)28)10-9-17(21)12-23(31)13-19-7-4-8-20(14-23)29(19)22(30)32-15-16-5-2-1-3-6-16/h1-3,5-6,9-11,19-20,31H,4,7-8,12-15H2. The van der Waals surface area contributed by atoms with Gasteiger partial charge in [-0.2, -0.15) is 13.2 Å². The summed E-state index contributed by atoms with van der Waals surface area (Å²) in [6.45, 7) is 0.149. The van der Waals surface area contributed by atoms with Gasteiger partial charge in [0.15, 0.2) is 0 Å². The van der Waals surface area contributed by atoms with Gasteiger partial charge in [-0.15, -0.1) is 0 Å². The molecule has 1 amide bonds. The molecule has 8 heteroatoms. The van der Waals surface area contributed by atoms with E-state index >= 15 is 0 Å². The molecule has 2 aromatic rings. The number of halogens is 4. The first-order chi connectivity index (χ1) is 15.1. The second-order valence-corrected chi connectivity index (χ2v) is 8.80. The first-order valence-electron chi connectivity index (χ1n) is 10.7. The van der Waals surface area contributed by atoms with Crippen LogP contribution in [-0.4, -0.2) is 33.8 Å². The lowest BCUT2D eigenvalue weighted by molar-refractivity contribution is -0.137. The Morgan fingerprint density at radius 1 is 1.09 bits per heavy atom. The Labute approximate surface area is 183 Å². The molecular weight excluding hydrogens is 426 g/mol. The number of amides is 1. The molecule has 4 nitrogen and oxygen atoms in total. The smallest absolute Gasteiger partial charge is 0.416 e. The highest BCUT2D eigenvalue weighted by molar-refractivity contribution is 5.69. The van der Waals surface area contributed by atoms with Crippen molar-refractivity contribution in [3.8, 4) is 0 Å². The van der Waals surface area contributed by atoms with E-state index in [1.54, 1.807) is 4.90 Å². The lowest BCUT2D eigenvalue weighted by atomic mass is 9.73. The molecule has 0 aromatic heterocycles. The molecule has 2 unspecified atom stereocenters. The van der Waals surface area contributed by atoms with Crippen molar-refractivity contribution in [1.29, 1.82) is 0 Å². The van der Waals surface area contributed by atoms with E-state index in [0.29, 0.717) is 18.9 Å². The number of benzene rings is 2. The number of piperidine rings is 2. The summed E-state index contributed by atoms with van der Waals surface area (Å²) in [6.07, 6.45) is -2.43. The molecular formula is C24H25F4NO3. The second kappa shape index (κ2) is 8.73. The summed E-state index contributed by atoms with van der Waals surface area (Å²) in [6, 6.07) is 11.2. The van der Waals surface area contributed by atoms with E-state index in [-0.39, 0.29) is 43.5 Å². The lowest BCUT2D eigenvalue weighted by Gasteiger charge is -2.51. The zero-order valence-corrected chi connectivity index (χ0v) is 17.4. The maximum atomic E-state index is 14.4. The van der Waals surface area contributed by atoms with Gasteiger partial charge in [0, 0.05) is 18.5 Å². The fraction of sp³-hybridized carbons (Fsp3) is 0.458. The van der Waals surface area contributed by atoms with E-state index in [1.807, 2.05) is 30.3 Å². The van der Waals surface area contributed by atoms with Crippen LogP contribution < -0.4 is 0 Å². The molecule has 0 aliphatic carbocycles. The Morgan fingerprint density at radius 3 is 2.34 bits per heavy atom. The van der Waals surface area contributed by atoms with Crippen LogP contribution >= 0.6 is 0 Å². The van der Waals surface area contributed by atoms with Gasteiger partial charge in [0.2, 0.25) is 0 Å². The zero-order valence-electron chi connectivity index (χ0n) is 17.4. The molecule has 2 aromatic carbocycles. The quantitative estimate of drug-likeness (QED) is 0.627. The van der Waals surface area contributed by atoms with E-state index in [4.69, 9.17) is 4.74 Å². The maximum Gasteiger partial charge on any atom is 0.416 e. The fourth-order valence-corrected chi connectivity index (χ4v) is 4.98. The van der Waals surface area contributed by atoms with Gasteiger partial charge in [0.1, 0.15) is 12.4 Å². The Kier molecular flexibility index (Phi) is 6.16. The Morgan fingerprint density at radius 2 is 1.75 bits per heavy atom. The predicted octanol–water partition coefficient (Wildman–Crippen LogP) is 5.47. The first-order valence-corrected chi connectivity index (χ1v) is 10.7. The molecule has 4 rings (SSSR count). The van der Waals surface area contributed by atoms with Crippen molar-refractivity contribution in [2.24, 2.45) is 0 Å². The van der Waals surface area contributed by atoms with Gasteiger partial charge >= 0.3 is 12.3 Å². The van der Waals surface area contributed by atoms with Crippen LogP contribution in [-0.2, 0) is 23.9 Å². The average Bonchev–Trinajstić information content (AvgIpc) is 2.73. The van der Waals surface area contributed by atoms with Crippen molar-refractivity contribution in [3.05, 3.63) is 71.0 Å². The number of hydrogen-bond donors (Lipinski definition) is 1. The topological polar surface area (TPSA) is 49.8 Å². The molecule has 1 N–H and O–H groups in total. The summed E-state index contributed by atoms with van der Waals surface area (Å²) in [5, 5.41) is 11.2. The minimum absolute atomic E-state index is 0.0404. The number of rotatable bonds is 4. The molecule has 0 spiro atoms. The molecule has 2 aliphatic heterocycles. The number of alkyl halides is 3. The van der Waals surface area contributed by atoms with Crippen LogP contribution in [0.3, 0.4) is 0 Å². The second-order valence-electron chi connectivity index (χ2n) is 8.80. The SMILES string of the molecule is O=C(OCc1ccccc1)N1C2CCCC1CC(O)(Cc1ccc(C(F)(F)F)cc1F)C2. The Bertz CT molecular complexity index is 949. The molecule has 0 radical (unpaired) electrons. The van der Waals surface area contributed by atoms with Crippen LogP contribution in [0.15, 0.2) is 48.5 Å². The maximum absolute atomic E-state index is 14.4. The number of ether oxygens (including phenoxy) is 1. The highest BCUT2D eigenvalue weighted by atomic mass is 19.4. The van der Waals surface area contributed by atoms with Crippen LogP contribution in [0.25, 0.3) is 0 Å². The number of hydrogen-bond acceptors (Lipinski definition) is 3. The molecule has 0 saturated carbocycles. The number of fused-ring (bicyclic) bond motifs is 2. The monoisotopic (exact) mass is 451 g/mol. The third kappa shape index (κ3) is 4.90. The van der Waals surface area contributed by atoms with Gasteiger partial charge in [0.25, 0.3) is 0 Å². The molecule has 2 heterocycles. The summed E-state index contributed by atoms with van der Waals surface area (Å²) in [7, 11) is 0. The van der Waals surface area contributed by atoms with Crippen molar-refractivity contribution in [2.75, 3.05) is 0 Å². The molecule has 2 bridgehead atoms. The van der Waals surface area contributed by atoms with E-state index in [0.717, 1.165) is 24.1 Å². The van der Waals surface area contributed by atoms with Crippen LogP contribution in [0, 0.1) is 5.82 Å². The normalized spacial score (nSPS) is 25.5. The largest absolute Gasteiger partial charge is 0.445 e. The summed E-state index contributed by atoms with van der Waals surface area (Å²) >= 11 is 0. The van der Waals surface area contributed by atoms with Gasteiger partial charge in [0.05, 0.1) is 11.2 Å². The van der Waals surface area contributed by atoms with Gasteiger partial charge in [-0.05, 0) is 55.4 Å². The molecule has 32 heavy (non-hydrogen) atoms. The molecule has 2 fully saturated rings. The Balaban J connectivity index is 1.45. The molecule has 2 saturated heterocycles. The van der Waals surface area contributed by atoms with Gasteiger partial charge in [-0.3, -0.25) is 0 Å². The van der Waals surface area contributed by atoms with Crippen molar-refractivity contribution in [2.45, 2.75) is 69.0 Å². The molecule has 172 valence electrons. The summed E-state index contributed by atoms with van der Waals surface area (Å²) in [5.41, 5.74) is -1.44. The van der Waals surface area contributed by atoms with Gasteiger partial charge in [-0.25, -0.2) is 9.18 Å². The van der Waals surface area contributed by atoms with Crippen molar-refractivity contribution in [3.63, 3.8) is 0 Å². The van der Waals surface area contributed by atoms with Crippen molar-refractivity contribution in [1.82, 2.24) is 4.90 Å². The van der Waals surface area contributed by atoms with Gasteiger partial charge < -0.3 is 14.7 Å². The van der Waals surface area contributed by atoms with Crippen LogP contribution in [0.5, 0.6) is 0 Å². The van der Waals surface area contributed by atoms with Crippen molar-refractivity contribution < 1.29 is 32.2 Å². The van der Waals surface area contributed by atoms with Crippen LogP contribution in [0.4, 0.5) is 22.4 Å². The summed E-state index contributed by atoms with van der Waals surface area (Å²) in [5.74, 6) is -0.983. The highest BCUT2D eigenvalue weighted by Gasteiger charge is 2.48. The van der Waals surface area contributed by atoms with Gasteiger partial charge in [-0.1, -0.05) is 36.4 Å². The van der Waals surface area contributed by atoms with E-state index in [9.17, 15) is 27.5 Å². The van der Waals surface area contributed by atoms with E-state index in [1.165, 1.54) is 0 Å². The number of nitrogens with zero attached hydrogens (tertiary/aromatic N) is 1. The van der Waals surface area contributed by atoms with Crippen molar-refractivity contribution >= 4 is 6.09 Å². The minimum atomic E-state index is -4.63. The lowest BCUT2D eigenvalue weighted by Crippen LogP contribution is -2.60. The summed E-state index contributed by atoms with van der Waals surface area (Å²) in [4.78, 5) is 14.5. The summed E-state index contributed by atoms with van der Waals surface area (Å²) < 4.78 is 58.3. The zero-order chi connectivity index (χ0) is 22.9. The number of aliphatic hydroxyl groups is 1. The average molecular weight is 451 g/mol. The predicted molar refractivity (Wildman–Crippen MR) is 109 cm³/mol. The third-order valence-electron chi connectivity index (χ3n) is 6.41. The van der Waals surface area contributed by atoms with Crippen LogP contribution in [0.1, 0.15) is 48.8 Å². The Hall–Kier alpha value is -2.61. The number of carbonyl (C=O) groups excluding carboxylic acids is 1. The van der Waals surface area contributed by atoms with E-state index in [2.05, 4.69) is 0 Å².